The Bertz CT molecular complexity index is 279. The van der Waals surface area contributed by atoms with Crippen LogP contribution in [0.15, 0.2) is 0 Å². The van der Waals surface area contributed by atoms with Crippen LogP contribution in [0.3, 0.4) is 0 Å². The first-order valence-electron chi connectivity index (χ1n) is 7.75. The SMILES string of the molecule is CO[Si](CCC(COCC1CO1)COCC1CO1)(OC)OC. The zero-order chi connectivity index (χ0) is 15.8. The molecule has 0 aromatic carbocycles. The van der Waals surface area contributed by atoms with E-state index in [0.717, 1.165) is 25.7 Å². The van der Waals surface area contributed by atoms with Crippen molar-refractivity contribution in [3.63, 3.8) is 0 Å². The van der Waals surface area contributed by atoms with Gasteiger partial charge in [-0.15, -0.1) is 0 Å². The summed E-state index contributed by atoms with van der Waals surface area (Å²) in [5.41, 5.74) is 0. The monoisotopic (exact) mass is 336 g/mol. The predicted octanol–water partition coefficient (Wildman–Crippen LogP) is 0.702. The number of hydrogen-bond acceptors (Lipinski definition) is 7. The quantitative estimate of drug-likeness (QED) is 0.341. The second-order valence-corrected chi connectivity index (χ2v) is 8.78. The maximum atomic E-state index is 5.72. The van der Waals surface area contributed by atoms with Crippen molar-refractivity contribution in [1.82, 2.24) is 0 Å². The molecule has 0 aromatic heterocycles. The van der Waals surface area contributed by atoms with Crippen LogP contribution in [-0.4, -0.2) is 82.0 Å². The molecular weight excluding hydrogens is 308 g/mol. The number of rotatable bonds is 14. The van der Waals surface area contributed by atoms with E-state index in [2.05, 4.69) is 0 Å². The summed E-state index contributed by atoms with van der Waals surface area (Å²) in [7, 11) is 2.37. The van der Waals surface area contributed by atoms with Gasteiger partial charge in [0.05, 0.1) is 39.6 Å². The minimum absolute atomic E-state index is 0.282. The topological polar surface area (TPSA) is 71.2 Å². The van der Waals surface area contributed by atoms with Gasteiger partial charge in [0.2, 0.25) is 0 Å². The van der Waals surface area contributed by atoms with Gasteiger partial charge in [0.15, 0.2) is 0 Å². The molecule has 0 spiro atoms. The fraction of sp³-hybridized carbons (Fsp3) is 1.00. The Labute approximate surface area is 133 Å². The molecule has 2 fully saturated rings. The van der Waals surface area contributed by atoms with E-state index in [0.29, 0.717) is 26.4 Å². The van der Waals surface area contributed by atoms with Gasteiger partial charge in [0, 0.05) is 33.3 Å². The first-order chi connectivity index (χ1) is 10.7. The van der Waals surface area contributed by atoms with Gasteiger partial charge in [0.1, 0.15) is 12.2 Å². The third-order valence-electron chi connectivity index (χ3n) is 3.91. The van der Waals surface area contributed by atoms with E-state index in [9.17, 15) is 0 Å². The van der Waals surface area contributed by atoms with Crippen LogP contribution >= 0.6 is 0 Å². The summed E-state index contributed by atoms with van der Waals surface area (Å²) in [5.74, 6) is 0.282. The lowest BCUT2D eigenvalue weighted by Gasteiger charge is -2.26. The molecule has 0 saturated carbocycles. The Hall–Kier alpha value is -0.0631. The molecule has 2 aliphatic heterocycles. The molecule has 2 unspecified atom stereocenters. The fourth-order valence-electron chi connectivity index (χ4n) is 2.21. The van der Waals surface area contributed by atoms with Crippen molar-refractivity contribution in [2.75, 3.05) is 61.0 Å². The van der Waals surface area contributed by atoms with E-state index in [1.54, 1.807) is 21.3 Å². The van der Waals surface area contributed by atoms with Crippen molar-refractivity contribution in [2.45, 2.75) is 24.7 Å². The molecular formula is C14H28O7Si. The van der Waals surface area contributed by atoms with Crippen molar-refractivity contribution in [3.8, 4) is 0 Å². The minimum atomic E-state index is -2.54. The molecule has 0 amide bonds. The molecule has 2 aliphatic rings. The first kappa shape index (κ1) is 18.3. The van der Waals surface area contributed by atoms with Gasteiger partial charge in [-0.2, -0.15) is 0 Å². The summed E-state index contributed by atoms with van der Waals surface area (Å²) in [4.78, 5) is 0. The van der Waals surface area contributed by atoms with Crippen LogP contribution in [0.2, 0.25) is 6.04 Å². The maximum absolute atomic E-state index is 5.72. The van der Waals surface area contributed by atoms with E-state index < -0.39 is 8.80 Å². The Morgan fingerprint density at radius 1 is 0.909 bits per heavy atom. The van der Waals surface area contributed by atoms with E-state index in [1.165, 1.54) is 0 Å². The van der Waals surface area contributed by atoms with Crippen LogP contribution in [0, 0.1) is 5.92 Å². The molecule has 2 atom stereocenters. The van der Waals surface area contributed by atoms with E-state index in [-0.39, 0.29) is 18.1 Å². The normalized spacial score (nSPS) is 25.2. The van der Waals surface area contributed by atoms with Crippen LogP contribution < -0.4 is 0 Å². The van der Waals surface area contributed by atoms with Crippen LogP contribution in [0.1, 0.15) is 6.42 Å². The highest BCUT2D eigenvalue weighted by atomic mass is 28.4. The maximum Gasteiger partial charge on any atom is 0.500 e. The third-order valence-corrected chi connectivity index (χ3v) is 6.68. The molecule has 0 bridgehead atoms. The smallest absolute Gasteiger partial charge is 0.378 e. The first-order valence-corrected chi connectivity index (χ1v) is 9.68. The average Bonchev–Trinajstić information content (AvgIpc) is 3.43. The molecule has 2 saturated heterocycles. The molecule has 0 aliphatic carbocycles. The van der Waals surface area contributed by atoms with Crippen LogP contribution in [0.25, 0.3) is 0 Å². The molecule has 0 N–H and O–H groups in total. The van der Waals surface area contributed by atoms with Crippen molar-refractivity contribution in [1.29, 1.82) is 0 Å². The highest BCUT2D eigenvalue weighted by molar-refractivity contribution is 6.60. The lowest BCUT2D eigenvalue weighted by atomic mass is 10.1. The van der Waals surface area contributed by atoms with Gasteiger partial charge in [-0.25, -0.2) is 0 Å². The largest absolute Gasteiger partial charge is 0.500 e. The molecule has 8 heteroatoms. The van der Waals surface area contributed by atoms with E-state index in [1.807, 2.05) is 0 Å². The van der Waals surface area contributed by atoms with Gasteiger partial charge >= 0.3 is 8.80 Å². The van der Waals surface area contributed by atoms with Crippen molar-refractivity contribution in [2.24, 2.45) is 5.92 Å². The fourth-order valence-corrected chi connectivity index (χ4v) is 4.09. The van der Waals surface area contributed by atoms with E-state index in [4.69, 9.17) is 32.2 Å². The Kier molecular flexibility index (Phi) is 7.71. The summed E-state index contributed by atoms with van der Waals surface area (Å²) in [5, 5.41) is 0. The van der Waals surface area contributed by atoms with E-state index >= 15 is 0 Å². The average molecular weight is 336 g/mol. The summed E-state index contributed by atoms with van der Waals surface area (Å²) in [6, 6.07) is 0.744. The lowest BCUT2D eigenvalue weighted by molar-refractivity contribution is 0.0259. The molecule has 130 valence electrons. The van der Waals surface area contributed by atoms with Crippen LogP contribution in [0.5, 0.6) is 0 Å². The molecule has 0 radical (unpaired) electrons. The Morgan fingerprint density at radius 3 is 1.73 bits per heavy atom. The second kappa shape index (κ2) is 9.29. The number of ether oxygens (including phenoxy) is 4. The van der Waals surface area contributed by atoms with Crippen molar-refractivity contribution >= 4 is 8.80 Å². The Morgan fingerprint density at radius 2 is 1.36 bits per heavy atom. The standard InChI is InChI=1S/C14H28O7Si/c1-15-22(16-2,17-3)5-4-12(6-18-8-13-10-20-13)7-19-9-14-11-21-14/h12-14H,4-11H2,1-3H3. The molecule has 22 heavy (non-hydrogen) atoms. The van der Waals surface area contributed by atoms with Gasteiger partial charge < -0.3 is 32.2 Å². The second-order valence-electron chi connectivity index (χ2n) is 5.69. The van der Waals surface area contributed by atoms with Crippen molar-refractivity contribution < 1.29 is 32.2 Å². The van der Waals surface area contributed by atoms with Crippen LogP contribution in [0.4, 0.5) is 0 Å². The molecule has 7 nitrogen and oxygen atoms in total. The zero-order valence-corrected chi connectivity index (χ0v) is 14.7. The molecule has 2 heterocycles. The molecule has 2 rings (SSSR count). The predicted molar refractivity (Wildman–Crippen MR) is 80.8 cm³/mol. The summed E-state index contributed by atoms with van der Waals surface area (Å²) >= 11 is 0. The summed E-state index contributed by atoms with van der Waals surface area (Å²) < 4.78 is 38.1. The summed E-state index contributed by atoms with van der Waals surface area (Å²) in [6.07, 6.45) is 1.44. The van der Waals surface area contributed by atoms with Crippen LogP contribution in [-0.2, 0) is 32.2 Å². The van der Waals surface area contributed by atoms with Gasteiger partial charge in [0.25, 0.3) is 0 Å². The van der Waals surface area contributed by atoms with Gasteiger partial charge in [-0.1, -0.05) is 0 Å². The summed E-state index contributed by atoms with van der Waals surface area (Å²) in [6.45, 7) is 4.23. The van der Waals surface area contributed by atoms with Gasteiger partial charge in [-0.3, -0.25) is 0 Å². The van der Waals surface area contributed by atoms with Crippen molar-refractivity contribution in [3.05, 3.63) is 0 Å². The highest BCUT2D eigenvalue weighted by Crippen LogP contribution is 2.21. The van der Waals surface area contributed by atoms with Gasteiger partial charge in [-0.05, 0) is 6.42 Å². The molecule has 0 aromatic rings. The minimum Gasteiger partial charge on any atom is -0.378 e. The number of hydrogen-bond donors (Lipinski definition) is 0. The zero-order valence-electron chi connectivity index (χ0n) is 13.7. The lowest BCUT2D eigenvalue weighted by Crippen LogP contribution is -2.43. The highest BCUT2D eigenvalue weighted by Gasteiger charge is 2.38. The third kappa shape index (κ3) is 6.59. The Balaban J connectivity index is 1.70. The number of epoxide rings is 2.